The van der Waals surface area contributed by atoms with Crippen LogP contribution in [0.15, 0.2) is 60.7 Å². The van der Waals surface area contributed by atoms with Crippen molar-refractivity contribution in [2.45, 2.75) is 46.6 Å². The Morgan fingerprint density at radius 1 is 1.02 bits per heavy atom. The molecule has 1 saturated heterocycles. The molecule has 0 spiro atoms. The number of halogens is 1. The topological polar surface area (TPSA) is 88.1 Å². The average molecular weight is 549 g/mol. The van der Waals surface area contributed by atoms with Crippen molar-refractivity contribution in [1.29, 1.82) is 0 Å². The molecular weight excluding hydrogens is 511 g/mol. The minimum atomic E-state index is -1.01. The van der Waals surface area contributed by atoms with E-state index < -0.39 is 5.97 Å². The van der Waals surface area contributed by atoms with Gasteiger partial charge in [-0.1, -0.05) is 25.1 Å². The van der Waals surface area contributed by atoms with Gasteiger partial charge in [-0.15, -0.1) is 0 Å². The van der Waals surface area contributed by atoms with Gasteiger partial charge in [0.1, 0.15) is 17.3 Å². The molecule has 1 aliphatic rings. The standard InChI is InChI=1S/C32H37FN2O5/c1-4-32(19-29(36)35(21-32)26-9-7-8-24(18-26)31(37)38)14-15-34-20-22-16-27(39-5-2)30(28(17-22)40-6-3)23-10-12-25(33)13-11-23/h7-13,16-18,34H,4-6,14-15,19-21H2,1-3H3,(H,37,38). The van der Waals surface area contributed by atoms with E-state index in [9.17, 15) is 19.1 Å². The number of amides is 1. The number of carboxylic acid groups (broad SMARTS) is 1. The second-order valence-corrected chi connectivity index (χ2v) is 10.1. The summed E-state index contributed by atoms with van der Waals surface area (Å²) in [4.78, 5) is 26.1. The van der Waals surface area contributed by atoms with Crippen LogP contribution in [0.1, 0.15) is 56.0 Å². The zero-order valence-corrected chi connectivity index (χ0v) is 23.3. The van der Waals surface area contributed by atoms with E-state index in [1.807, 2.05) is 26.0 Å². The molecule has 0 aliphatic carbocycles. The summed E-state index contributed by atoms with van der Waals surface area (Å²) >= 11 is 0. The van der Waals surface area contributed by atoms with E-state index in [-0.39, 0.29) is 22.7 Å². The largest absolute Gasteiger partial charge is 0.493 e. The fourth-order valence-corrected chi connectivity index (χ4v) is 5.29. The molecule has 1 fully saturated rings. The van der Waals surface area contributed by atoms with Crippen LogP contribution in [0.2, 0.25) is 0 Å². The highest BCUT2D eigenvalue weighted by atomic mass is 19.1. The number of nitrogens with one attached hydrogen (secondary N) is 1. The molecule has 0 radical (unpaired) electrons. The normalized spacial score (nSPS) is 16.8. The summed E-state index contributed by atoms with van der Waals surface area (Å²) in [5.41, 5.74) is 3.22. The summed E-state index contributed by atoms with van der Waals surface area (Å²) in [5, 5.41) is 12.9. The van der Waals surface area contributed by atoms with Crippen LogP contribution in [0, 0.1) is 11.2 Å². The Labute approximate surface area is 234 Å². The lowest BCUT2D eigenvalue weighted by atomic mass is 9.81. The zero-order chi connectivity index (χ0) is 28.7. The Balaban J connectivity index is 1.45. The molecule has 7 nitrogen and oxygen atoms in total. The van der Waals surface area contributed by atoms with Crippen LogP contribution < -0.4 is 19.7 Å². The first-order valence-corrected chi connectivity index (χ1v) is 13.8. The number of carboxylic acids is 1. The number of ether oxygens (including phenoxy) is 2. The van der Waals surface area contributed by atoms with Crippen LogP contribution in [-0.2, 0) is 11.3 Å². The number of hydrogen-bond donors (Lipinski definition) is 2. The van der Waals surface area contributed by atoms with Gasteiger partial charge < -0.3 is 24.8 Å². The van der Waals surface area contributed by atoms with Gasteiger partial charge in [-0.05, 0) is 92.2 Å². The van der Waals surface area contributed by atoms with Crippen molar-refractivity contribution in [3.63, 3.8) is 0 Å². The maximum absolute atomic E-state index is 13.6. The van der Waals surface area contributed by atoms with E-state index in [1.54, 1.807) is 35.2 Å². The molecule has 1 heterocycles. The van der Waals surface area contributed by atoms with Crippen molar-refractivity contribution < 1.29 is 28.6 Å². The van der Waals surface area contributed by atoms with Crippen molar-refractivity contribution in [2.24, 2.45) is 5.41 Å². The Kier molecular flexibility index (Phi) is 9.42. The summed E-state index contributed by atoms with van der Waals surface area (Å²) in [5.74, 6) is 0.0739. The molecule has 40 heavy (non-hydrogen) atoms. The second-order valence-electron chi connectivity index (χ2n) is 10.1. The highest BCUT2D eigenvalue weighted by Gasteiger charge is 2.42. The van der Waals surface area contributed by atoms with Gasteiger partial charge in [-0.2, -0.15) is 0 Å². The first kappa shape index (κ1) is 29.1. The smallest absolute Gasteiger partial charge is 0.335 e. The molecule has 3 aromatic carbocycles. The summed E-state index contributed by atoms with van der Waals surface area (Å²) in [6.45, 7) is 8.76. The highest BCUT2D eigenvalue weighted by molar-refractivity contribution is 5.98. The van der Waals surface area contributed by atoms with Crippen LogP contribution in [0.25, 0.3) is 11.1 Å². The first-order valence-electron chi connectivity index (χ1n) is 13.8. The highest BCUT2D eigenvalue weighted by Crippen LogP contribution is 2.41. The number of benzene rings is 3. The molecule has 1 aliphatic heterocycles. The Bertz CT molecular complexity index is 1320. The molecule has 1 atom stereocenters. The maximum Gasteiger partial charge on any atom is 0.335 e. The second kappa shape index (κ2) is 13.0. The van der Waals surface area contributed by atoms with Gasteiger partial charge in [-0.3, -0.25) is 4.79 Å². The Morgan fingerprint density at radius 3 is 2.30 bits per heavy atom. The third-order valence-electron chi connectivity index (χ3n) is 7.50. The molecule has 212 valence electrons. The molecule has 1 unspecified atom stereocenters. The van der Waals surface area contributed by atoms with E-state index in [2.05, 4.69) is 12.2 Å². The van der Waals surface area contributed by atoms with Gasteiger partial charge in [0.25, 0.3) is 0 Å². The molecule has 3 aromatic rings. The molecule has 8 heteroatoms. The molecule has 4 rings (SSSR count). The van der Waals surface area contributed by atoms with Gasteiger partial charge in [0.15, 0.2) is 0 Å². The number of carbonyl (C=O) groups excluding carboxylic acids is 1. The minimum Gasteiger partial charge on any atom is -0.493 e. The fraction of sp³-hybridized carbons (Fsp3) is 0.375. The number of aromatic carboxylic acids is 1. The molecule has 1 amide bonds. The lowest BCUT2D eigenvalue weighted by Gasteiger charge is -2.28. The Hall–Kier alpha value is -3.91. The van der Waals surface area contributed by atoms with Gasteiger partial charge in [-0.25, -0.2) is 9.18 Å². The zero-order valence-electron chi connectivity index (χ0n) is 23.3. The summed E-state index contributed by atoms with van der Waals surface area (Å²) in [7, 11) is 0. The fourth-order valence-electron chi connectivity index (χ4n) is 5.29. The van der Waals surface area contributed by atoms with E-state index in [4.69, 9.17) is 9.47 Å². The lowest BCUT2D eigenvalue weighted by molar-refractivity contribution is -0.117. The number of nitrogens with zero attached hydrogens (tertiary/aromatic N) is 1. The monoisotopic (exact) mass is 548 g/mol. The number of anilines is 1. The summed E-state index contributed by atoms with van der Waals surface area (Å²) in [6, 6.07) is 16.8. The predicted molar refractivity (Wildman–Crippen MR) is 154 cm³/mol. The van der Waals surface area contributed by atoms with Crippen molar-refractivity contribution >= 4 is 17.6 Å². The minimum absolute atomic E-state index is 0.0171. The summed E-state index contributed by atoms with van der Waals surface area (Å²) in [6.07, 6.45) is 2.07. The molecule has 0 bridgehead atoms. The number of rotatable bonds is 13. The quantitative estimate of drug-likeness (QED) is 0.244. The van der Waals surface area contributed by atoms with E-state index >= 15 is 0 Å². The van der Waals surface area contributed by atoms with E-state index in [1.165, 1.54) is 18.2 Å². The van der Waals surface area contributed by atoms with Crippen molar-refractivity contribution in [1.82, 2.24) is 5.32 Å². The van der Waals surface area contributed by atoms with E-state index in [0.29, 0.717) is 56.5 Å². The van der Waals surface area contributed by atoms with Crippen LogP contribution in [0.3, 0.4) is 0 Å². The molecule has 0 saturated carbocycles. The van der Waals surface area contributed by atoms with Gasteiger partial charge in [0.05, 0.1) is 24.3 Å². The van der Waals surface area contributed by atoms with Crippen molar-refractivity contribution in [3.05, 3.63) is 77.6 Å². The van der Waals surface area contributed by atoms with Crippen LogP contribution in [-0.4, -0.2) is 43.3 Å². The van der Waals surface area contributed by atoms with Crippen LogP contribution >= 0.6 is 0 Å². The summed E-state index contributed by atoms with van der Waals surface area (Å²) < 4.78 is 25.5. The number of hydrogen-bond acceptors (Lipinski definition) is 5. The van der Waals surface area contributed by atoms with Gasteiger partial charge in [0.2, 0.25) is 5.91 Å². The van der Waals surface area contributed by atoms with Gasteiger partial charge in [0, 0.05) is 25.2 Å². The first-order chi connectivity index (χ1) is 19.3. The predicted octanol–water partition coefficient (Wildman–Crippen LogP) is 6.30. The van der Waals surface area contributed by atoms with Crippen LogP contribution in [0.4, 0.5) is 10.1 Å². The third kappa shape index (κ3) is 6.62. The average Bonchev–Trinajstić information content (AvgIpc) is 3.29. The lowest BCUT2D eigenvalue weighted by Crippen LogP contribution is -2.31. The van der Waals surface area contributed by atoms with Crippen molar-refractivity contribution in [3.8, 4) is 22.6 Å². The molecule has 2 N–H and O–H groups in total. The molecule has 0 aromatic heterocycles. The van der Waals surface area contributed by atoms with Crippen molar-refractivity contribution in [2.75, 3.05) is 31.2 Å². The van der Waals surface area contributed by atoms with Gasteiger partial charge >= 0.3 is 5.97 Å². The maximum atomic E-state index is 13.6. The SMILES string of the molecule is CCOc1cc(CNCCC2(CC)CC(=O)N(c3cccc(C(=O)O)c3)C2)cc(OCC)c1-c1ccc(F)cc1. The Morgan fingerprint density at radius 2 is 1.70 bits per heavy atom. The molecular formula is C32H37FN2O5. The van der Waals surface area contributed by atoms with E-state index in [0.717, 1.165) is 29.5 Å². The van der Waals surface area contributed by atoms with Crippen LogP contribution in [0.5, 0.6) is 11.5 Å². The number of carbonyl (C=O) groups is 2. The third-order valence-corrected chi connectivity index (χ3v) is 7.50.